The summed E-state index contributed by atoms with van der Waals surface area (Å²) in [6.07, 6.45) is 7.14. The zero-order valence-corrected chi connectivity index (χ0v) is 12.0. The van der Waals surface area contributed by atoms with Gasteiger partial charge in [0.15, 0.2) is 0 Å². The van der Waals surface area contributed by atoms with E-state index in [-0.39, 0.29) is 12.0 Å². The van der Waals surface area contributed by atoms with Gasteiger partial charge >= 0.3 is 0 Å². The van der Waals surface area contributed by atoms with E-state index in [4.69, 9.17) is 15.0 Å². The SMILES string of the molecule is CCC(CN)c1nc(C(OC)C2CCCCC2)no1. The molecule has 0 radical (unpaired) electrons. The van der Waals surface area contributed by atoms with Gasteiger partial charge < -0.3 is 15.0 Å². The third-order valence-electron chi connectivity index (χ3n) is 4.17. The van der Waals surface area contributed by atoms with Crippen LogP contribution in [0.25, 0.3) is 0 Å². The molecule has 1 saturated carbocycles. The maximum Gasteiger partial charge on any atom is 0.231 e. The van der Waals surface area contributed by atoms with Crippen LogP contribution in [0.1, 0.15) is 69.2 Å². The average Bonchev–Trinajstić information content (AvgIpc) is 2.92. The van der Waals surface area contributed by atoms with Gasteiger partial charge in [0.25, 0.3) is 0 Å². The van der Waals surface area contributed by atoms with E-state index in [9.17, 15) is 0 Å². The highest BCUT2D eigenvalue weighted by Crippen LogP contribution is 2.35. The maximum atomic E-state index is 5.72. The lowest BCUT2D eigenvalue weighted by atomic mass is 9.85. The standard InChI is InChI=1S/C14H25N3O2/c1-3-10(9-15)14-16-13(17-19-14)12(18-2)11-7-5-4-6-8-11/h10-12H,3-9,15H2,1-2H3. The van der Waals surface area contributed by atoms with Crippen molar-refractivity contribution in [1.29, 1.82) is 0 Å². The summed E-state index contributed by atoms with van der Waals surface area (Å²) >= 11 is 0. The molecule has 1 aromatic heterocycles. The first-order valence-electron chi connectivity index (χ1n) is 7.36. The van der Waals surface area contributed by atoms with Crippen LogP contribution in [0.15, 0.2) is 4.52 Å². The summed E-state index contributed by atoms with van der Waals surface area (Å²) in [5.74, 6) is 2.02. The predicted molar refractivity (Wildman–Crippen MR) is 72.7 cm³/mol. The smallest absolute Gasteiger partial charge is 0.231 e. The summed E-state index contributed by atoms with van der Waals surface area (Å²) in [7, 11) is 1.73. The number of aromatic nitrogens is 2. The Morgan fingerprint density at radius 3 is 2.68 bits per heavy atom. The molecule has 0 aromatic carbocycles. The van der Waals surface area contributed by atoms with Crippen LogP contribution in [0.2, 0.25) is 0 Å². The Bertz CT molecular complexity index is 371. The van der Waals surface area contributed by atoms with Gasteiger partial charge in [-0.1, -0.05) is 31.3 Å². The monoisotopic (exact) mass is 267 g/mol. The van der Waals surface area contributed by atoms with Gasteiger partial charge in [-0.3, -0.25) is 0 Å². The minimum Gasteiger partial charge on any atom is -0.373 e. The minimum absolute atomic E-state index is 0.0342. The highest BCUT2D eigenvalue weighted by Gasteiger charge is 2.29. The normalized spacial score (nSPS) is 20.4. The number of hydrogen-bond donors (Lipinski definition) is 1. The van der Waals surface area contributed by atoms with Gasteiger partial charge in [0, 0.05) is 13.7 Å². The predicted octanol–water partition coefficient (Wildman–Crippen LogP) is 2.79. The second-order valence-corrected chi connectivity index (χ2v) is 5.39. The van der Waals surface area contributed by atoms with Crippen LogP contribution in [-0.2, 0) is 4.74 Å². The van der Waals surface area contributed by atoms with E-state index in [0.717, 1.165) is 6.42 Å². The van der Waals surface area contributed by atoms with E-state index >= 15 is 0 Å². The van der Waals surface area contributed by atoms with E-state index in [2.05, 4.69) is 17.1 Å². The van der Waals surface area contributed by atoms with E-state index < -0.39 is 0 Å². The van der Waals surface area contributed by atoms with Gasteiger partial charge in [-0.25, -0.2) is 0 Å². The molecule has 0 bridgehead atoms. The number of hydrogen-bond acceptors (Lipinski definition) is 5. The van der Waals surface area contributed by atoms with Crippen molar-refractivity contribution in [3.05, 3.63) is 11.7 Å². The molecule has 5 heteroatoms. The van der Waals surface area contributed by atoms with Gasteiger partial charge in [0.2, 0.25) is 11.7 Å². The first-order valence-corrected chi connectivity index (χ1v) is 7.36. The highest BCUT2D eigenvalue weighted by molar-refractivity contribution is 4.99. The molecule has 1 aromatic rings. The molecule has 1 aliphatic rings. The average molecular weight is 267 g/mol. The molecule has 0 saturated heterocycles. The van der Waals surface area contributed by atoms with E-state index in [1.165, 1.54) is 32.1 Å². The number of ether oxygens (including phenoxy) is 1. The summed E-state index contributed by atoms with van der Waals surface area (Å²) in [6.45, 7) is 2.62. The largest absolute Gasteiger partial charge is 0.373 e. The molecule has 2 N–H and O–H groups in total. The summed E-state index contributed by atoms with van der Waals surface area (Å²) < 4.78 is 11.0. The summed E-state index contributed by atoms with van der Waals surface area (Å²) in [5, 5.41) is 4.11. The molecule has 0 amide bonds. The molecular weight excluding hydrogens is 242 g/mol. The van der Waals surface area contributed by atoms with Crippen molar-refractivity contribution < 1.29 is 9.26 Å². The lowest BCUT2D eigenvalue weighted by molar-refractivity contribution is 0.0273. The fraction of sp³-hybridized carbons (Fsp3) is 0.857. The fourth-order valence-corrected chi connectivity index (χ4v) is 2.92. The van der Waals surface area contributed by atoms with Crippen LogP contribution in [0.5, 0.6) is 0 Å². The molecule has 0 spiro atoms. The van der Waals surface area contributed by atoms with E-state index in [0.29, 0.717) is 24.2 Å². The van der Waals surface area contributed by atoms with Crippen LogP contribution in [0, 0.1) is 5.92 Å². The van der Waals surface area contributed by atoms with Crippen LogP contribution in [-0.4, -0.2) is 23.8 Å². The quantitative estimate of drug-likeness (QED) is 0.857. The Kier molecular flexibility index (Phi) is 5.34. The summed E-state index contributed by atoms with van der Waals surface area (Å²) in [5.41, 5.74) is 5.72. The molecule has 2 atom stereocenters. The van der Waals surface area contributed by atoms with Crippen molar-refractivity contribution >= 4 is 0 Å². The van der Waals surface area contributed by atoms with Crippen LogP contribution in [0.3, 0.4) is 0 Å². The third-order valence-corrected chi connectivity index (χ3v) is 4.17. The zero-order chi connectivity index (χ0) is 13.7. The van der Waals surface area contributed by atoms with E-state index in [1.807, 2.05) is 0 Å². The van der Waals surface area contributed by atoms with Crippen molar-refractivity contribution in [3.63, 3.8) is 0 Å². The van der Waals surface area contributed by atoms with Crippen molar-refractivity contribution in [1.82, 2.24) is 10.1 Å². The number of nitrogens with two attached hydrogens (primary N) is 1. The van der Waals surface area contributed by atoms with Crippen molar-refractivity contribution in [2.45, 2.75) is 57.5 Å². The van der Waals surface area contributed by atoms with Crippen molar-refractivity contribution in [2.75, 3.05) is 13.7 Å². The molecule has 2 rings (SSSR count). The number of methoxy groups -OCH3 is 1. The highest BCUT2D eigenvalue weighted by atomic mass is 16.5. The Morgan fingerprint density at radius 2 is 2.11 bits per heavy atom. The number of rotatable bonds is 6. The molecule has 108 valence electrons. The third kappa shape index (κ3) is 3.34. The van der Waals surface area contributed by atoms with Gasteiger partial charge in [0.05, 0.1) is 5.92 Å². The minimum atomic E-state index is -0.0342. The summed E-state index contributed by atoms with van der Waals surface area (Å²) in [4.78, 5) is 4.52. The molecule has 0 aliphatic heterocycles. The van der Waals surface area contributed by atoms with Crippen LogP contribution >= 0.6 is 0 Å². The Hall–Kier alpha value is -0.940. The molecule has 1 aliphatic carbocycles. The van der Waals surface area contributed by atoms with Crippen molar-refractivity contribution in [2.24, 2.45) is 11.7 Å². The molecule has 1 fully saturated rings. The van der Waals surface area contributed by atoms with E-state index in [1.54, 1.807) is 7.11 Å². The zero-order valence-electron chi connectivity index (χ0n) is 12.0. The van der Waals surface area contributed by atoms with Crippen molar-refractivity contribution in [3.8, 4) is 0 Å². The topological polar surface area (TPSA) is 74.2 Å². The molecule has 5 nitrogen and oxygen atoms in total. The second-order valence-electron chi connectivity index (χ2n) is 5.39. The van der Waals surface area contributed by atoms with Gasteiger partial charge in [0.1, 0.15) is 6.10 Å². The first-order chi connectivity index (χ1) is 9.30. The summed E-state index contributed by atoms with van der Waals surface area (Å²) in [6, 6.07) is 0. The fourth-order valence-electron chi connectivity index (χ4n) is 2.92. The number of nitrogens with zero attached hydrogens (tertiary/aromatic N) is 2. The van der Waals surface area contributed by atoms with Gasteiger partial charge in [-0.05, 0) is 25.2 Å². The van der Waals surface area contributed by atoms with Gasteiger partial charge in [-0.2, -0.15) is 4.98 Å². The van der Waals surface area contributed by atoms with Crippen LogP contribution in [0.4, 0.5) is 0 Å². The first kappa shape index (κ1) is 14.5. The molecule has 2 unspecified atom stereocenters. The Labute approximate surface area is 114 Å². The molecule has 19 heavy (non-hydrogen) atoms. The maximum absolute atomic E-state index is 5.72. The lowest BCUT2D eigenvalue weighted by Crippen LogP contribution is -2.19. The molecular formula is C14H25N3O2. The van der Waals surface area contributed by atoms with Gasteiger partial charge in [-0.15, -0.1) is 0 Å². The Balaban J connectivity index is 2.10. The second kappa shape index (κ2) is 7.01. The molecule has 1 heterocycles. The lowest BCUT2D eigenvalue weighted by Gasteiger charge is -2.26. The Morgan fingerprint density at radius 1 is 1.37 bits per heavy atom. The van der Waals surface area contributed by atoms with Crippen LogP contribution < -0.4 is 5.73 Å².